The first kappa shape index (κ1) is 12.8. The van der Waals surface area contributed by atoms with E-state index in [9.17, 15) is 0 Å². The minimum Gasteiger partial charge on any atom is -0.370 e. The first-order valence-corrected chi connectivity index (χ1v) is 6.38. The van der Waals surface area contributed by atoms with Gasteiger partial charge in [0.15, 0.2) is 0 Å². The van der Waals surface area contributed by atoms with Crippen LogP contribution in [0.2, 0.25) is 5.02 Å². The fraction of sp³-hybridized carbons (Fsp3) is 0.286. The van der Waals surface area contributed by atoms with E-state index in [-0.39, 0.29) is 0 Å². The van der Waals surface area contributed by atoms with Gasteiger partial charge in [0.25, 0.3) is 0 Å². The fourth-order valence-electron chi connectivity index (χ4n) is 1.79. The van der Waals surface area contributed by atoms with Gasteiger partial charge in [-0.15, -0.1) is 0 Å². The van der Waals surface area contributed by atoms with E-state index in [1.165, 1.54) is 0 Å². The molecule has 0 unspecified atom stereocenters. The zero-order valence-electron chi connectivity index (χ0n) is 10.6. The summed E-state index contributed by atoms with van der Waals surface area (Å²) in [5.74, 6) is 1.66. The topological polar surface area (TPSA) is 37.8 Å². The molecule has 1 heterocycles. The van der Waals surface area contributed by atoms with Crippen molar-refractivity contribution in [2.75, 3.05) is 11.9 Å². The van der Waals surface area contributed by atoms with Crippen molar-refractivity contribution in [3.05, 3.63) is 52.4 Å². The summed E-state index contributed by atoms with van der Waals surface area (Å²) < 4.78 is 0. The molecule has 0 spiro atoms. The number of halogens is 1. The zero-order valence-corrected chi connectivity index (χ0v) is 11.3. The molecule has 0 saturated carbocycles. The maximum atomic E-state index is 6.14. The monoisotopic (exact) mass is 261 g/mol. The third-order valence-electron chi connectivity index (χ3n) is 2.56. The third-order valence-corrected chi connectivity index (χ3v) is 2.93. The molecule has 4 heteroatoms. The van der Waals surface area contributed by atoms with Gasteiger partial charge in [0.05, 0.1) is 0 Å². The van der Waals surface area contributed by atoms with Crippen molar-refractivity contribution in [3.8, 4) is 0 Å². The Balaban J connectivity index is 2.26. The van der Waals surface area contributed by atoms with Crippen molar-refractivity contribution in [2.24, 2.45) is 0 Å². The lowest BCUT2D eigenvalue weighted by Crippen LogP contribution is -2.05. The standard InChI is InChI=1S/C14H16ClN3/c1-3-16-13-8-10(2)17-14(18-13)9-11-6-4-5-7-12(11)15/h4-8H,3,9H2,1-2H3,(H,16,17,18). The van der Waals surface area contributed by atoms with Gasteiger partial charge in [-0.05, 0) is 25.5 Å². The van der Waals surface area contributed by atoms with Gasteiger partial charge in [-0.1, -0.05) is 29.8 Å². The Morgan fingerprint density at radius 3 is 2.72 bits per heavy atom. The van der Waals surface area contributed by atoms with Gasteiger partial charge in [0.1, 0.15) is 11.6 Å². The van der Waals surface area contributed by atoms with E-state index in [1.807, 2.05) is 44.2 Å². The maximum Gasteiger partial charge on any atom is 0.135 e. The second-order valence-electron chi connectivity index (χ2n) is 4.11. The second kappa shape index (κ2) is 5.83. The van der Waals surface area contributed by atoms with E-state index in [0.717, 1.165) is 34.5 Å². The third kappa shape index (κ3) is 3.20. The second-order valence-corrected chi connectivity index (χ2v) is 4.52. The molecule has 3 nitrogen and oxygen atoms in total. The highest BCUT2D eigenvalue weighted by Crippen LogP contribution is 2.18. The van der Waals surface area contributed by atoms with E-state index < -0.39 is 0 Å². The number of rotatable bonds is 4. The van der Waals surface area contributed by atoms with E-state index in [0.29, 0.717) is 6.42 Å². The van der Waals surface area contributed by atoms with Crippen LogP contribution in [0.4, 0.5) is 5.82 Å². The number of nitrogens with one attached hydrogen (secondary N) is 1. The fourth-order valence-corrected chi connectivity index (χ4v) is 2.00. The molecule has 1 aromatic heterocycles. The summed E-state index contributed by atoms with van der Waals surface area (Å²) in [5.41, 5.74) is 2.01. The van der Waals surface area contributed by atoms with Crippen LogP contribution in [-0.4, -0.2) is 16.5 Å². The molecule has 2 aromatic rings. The predicted octanol–water partition coefficient (Wildman–Crippen LogP) is 3.46. The van der Waals surface area contributed by atoms with Gasteiger partial charge in [-0.3, -0.25) is 0 Å². The van der Waals surface area contributed by atoms with Gasteiger partial charge in [0, 0.05) is 29.7 Å². The molecule has 0 aliphatic heterocycles. The Hall–Kier alpha value is -1.61. The van der Waals surface area contributed by atoms with Crippen molar-refractivity contribution in [3.63, 3.8) is 0 Å². The molecule has 0 bridgehead atoms. The maximum absolute atomic E-state index is 6.14. The number of hydrogen-bond donors (Lipinski definition) is 1. The number of aromatic nitrogens is 2. The molecule has 1 N–H and O–H groups in total. The van der Waals surface area contributed by atoms with Gasteiger partial charge >= 0.3 is 0 Å². The first-order valence-electron chi connectivity index (χ1n) is 6.01. The van der Waals surface area contributed by atoms with E-state index in [4.69, 9.17) is 11.6 Å². The molecule has 0 aliphatic carbocycles. The van der Waals surface area contributed by atoms with Crippen LogP contribution in [-0.2, 0) is 6.42 Å². The van der Waals surface area contributed by atoms with Crippen LogP contribution < -0.4 is 5.32 Å². The number of nitrogens with zero attached hydrogens (tertiary/aromatic N) is 2. The minimum absolute atomic E-state index is 0.653. The summed E-state index contributed by atoms with van der Waals surface area (Å²) in [4.78, 5) is 8.92. The largest absolute Gasteiger partial charge is 0.370 e. The van der Waals surface area contributed by atoms with Gasteiger partial charge < -0.3 is 5.32 Å². The highest BCUT2D eigenvalue weighted by Gasteiger charge is 2.05. The van der Waals surface area contributed by atoms with Crippen molar-refractivity contribution in [1.82, 2.24) is 9.97 Å². The number of anilines is 1. The zero-order chi connectivity index (χ0) is 13.0. The summed E-state index contributed by atoms with van der Waals surface area (Å²) in [6.45, 7) is 4.87. The normalized spacial score (nSPS) is 10.4. The molecule has 94 valence electrons. The molecule has 2 rings (SSSR count). The van der Waals surface area contributed by atoms with Gasteiger partial charge in [-0.25, -0.2) is 9.97 Å². The van der Waals surface area contributed by atoms with Gasteiger partial charge in [-0.2, -0.15) is 0 Å². The Kier molecular flexibility index (Phi) is 4.15. The molecule has 0 fully saturated rings. The SMILES string of the molecule is CCNc1cc(C)nc(Cc2ccccc2Cl)n1. The van der Waals surface area contributed by atoms with Crippen molar-refractivity contribution >= 4 is 17.4 Å². The number of aryl methyl sites for hydroxylation is 1. The average molecular weight is 262 g/mol. The van der Waals surface area contributed by atoms with E-state index in [1.54, 1.807) is 0 Å². The lowest BCUT2D eigenvalue weighted by atomic mass is 10.1. The van der Waals surface area contributed by atoms with Crippen LogP contribution in [0.25, 0.3) is 0 Å². The van der Waals surface area contributed by atoms with Crippen LogP contribution in [0.15, 0.2) is 30.3 Å². The number of benzene rings is 1. The lowest BCUT2D eigenvalue weighted by Gasteiger charge is -2.07. The Morgan fingerprint density at radius 2 is 2.00 bits per heavy atom. The minimum atomic E-state index is 0.653. The van der Waals surface area contributed by atoms with Crippen molar-refractivity contribution in [1.29, 1.82) is 0 Å². The summed E-state index contributed by atoms with van der Waals surface area (Å²) in [6.07, 6.45) is 0.653. The quantitative estimate of drug-likeness (QED) is 0.916. The lowest BCUT2D eigenvalue weighted by molar-refractivity contribution is 0.938. The summed E-state index contributed by atoms with van der Waals surface area (Å²) in [6, 6.07) is 9.73. The van der Waals surface area contributed by atoms with E-state index >= 15 is 0 Å². The van der Waals surface area contributed by atoms with Crippen molar-refractivity contribution < 1.29 is 0 Å². The molecule has 1 aromatic carbocycles. The predicted molar refractivity (Wildman–Crippen MR) is 75.2 cm³/mol. The summed E-state index contributed by atoms with van der Waals surface area (Å²) in [7, 11) is 0. The molecular weight excluding hydrogens is 246 g/mol. The molecule has 0 aliphatic rings. The summed E-state index contributed by atoms with van der Waals surface area (Å²) >= 11 is 6.14. The molecular formula is C14H16ClN3. The van der Waals surface area contributed by atoms with Crippen LogP contribution >= 0.6 is 11.6 Å². The van der Waals surface area contributed by atoms with Crippen LogP contribution in [0.3, 0.4) is 0 Å². The van der Waals surface area contributed by atoms with Crippen molar-refractivity contribution in [2.45, 2.75) is 20.3 Å². The highest BCUT2D eigenvalue weighted by molar-refractivity contribution is 6.31. The summed E-state index contributed by atoms with van der Waals surface area (Å²) in [5, 5.41) is 3.96. The highest BCUT2D eigenvalue weighted by atomic mass is 35.5. The molecule has 0 amide bonds. The number of hydrogen-bond acceptors (Lipinski definition) is 3. The molecule has 18 heavy (non-hydrogen) atoms. The van der Waals surface area contributed by atoms with E-state index in [2.05, 4.69) is 15.3 Å². The van der Waals surface area contributed by atoms with Gasteiger partial charge in [0.2, 0.25) is 0 Å². The van der Waals surface area contributed by atoms with Crippen LogP contribution in [0.1, 0.15) is 24.0 Å². The van der Waals surface area contributed by atoms with Crippen LogP contribution in [0, 0.1) is 6.92 Å². The van der Waals surface area contributed by atoms with Crippen LogP contribution in [0.5, 0.6) is 0 Å². The Morgan fingerprint density at radius 1 is 1.22 bits per heavy atom. The molecule has 0 saturated heterocycles. The molecule has 0 radical (unpaired) electrons. The molecule has 0 atom stereocenters. The Labute approximate surface area is 112 Å². The average Bonchev–Trinajstić information content (AvgIpc) is 2.32. The first-order chi connectivity index (χ1) is 8.69. The Bertz CT molecular complexity index is 540. The smallest absolute Gasteiger partial charge is 0.135 e.